The maximum Gasteiger partial charge on any atom is 0.144 e. The average Bonchev–Trinajstić information content (AvgIpc) is 3.68. The van der Waals surface area contributed by atoms with E-state index in [9.17, 15) is 0 Å². The summed E-state index contributed by atoms with van der Waals surface area (Å²) in [6, 6.07) is 36.0. The molecule has 0 radical (unpaired) electrons. The Morgan fingerprint density at radius 2 is 1.38 bits per heavy atom. The lowest BCUT2D eigenvalue weighted by molar-refractivity contribution is 0.668. The van der Waals surface area contributed by atoms with Crippen molar-refractivity contribution in [2.45, 2.75) is 6.85 Å². The maximum atomic E-state index is 7.82. The molecule has 9 rings (SSSR count). The Morgan fingerprint density at radius 3 is 2.33 bits per heavy atom. The molecule has 0 atom stereocenters. The minimum Gasteiger partial charge on any atom is -0.456 e. The van der Waals surface area contributed by atoms with Gasteiger partial charge in [0.1, 0.15) is 22.3 Å². The molecule has 0 unspecified atom stereocenters. The van der Waals surface area contributed by atoms with Crippen LogP contribution >= 0.6 is 0 Å². The van der Waals surface area contributed by atoms with E-state index < -0.39 is 6.85 Å². The van der Waals surface area contributed by atoms with Gasteiger partial charge in [0.25, 0.3) is 0 Å². The van der Waals surface area contributed by atoms with Crippen LogP contribution in [0.5, 0.6) is 0 Å². The molecule has 0 amide bonds. The lowest BCUT2D eigenvalue weighted by Gasteiger charge is -2.09. The summed E-state index contributed by atoms with van der Waals surface area (Å²) in [4.78, 5) is 4.91. The smallest absolute Gasteiger partial charge is 0.144 e. The third kappa shape index (κ3) is 2.93. The number of fused-ring (bicyclic) bond motifs is 9. The molecule has 0 saturated carbocycles. The normalized spacial score (nSPS) is 13.6. The van der Waals surface area contributed by atoms with Crippen molar-refractivity contribution < 1.29 is 12.9 Å². The number of hydrogen-bond acceptors (Lipinski definition) is 3. The summed E-state index contributed by atoms with van der Waals surface area (Å²) in [5.74, 6) is 0. The predicted octanol–water partition coefficient (Wildman–Crippen LogP) is 9.95. The van der Waals surface area contributed by atoms with Crippen LogP contribution in [-0.4, -0.2) is 9.55 Å². The van der Waals surface area contributed by atoms with E-state index in [1.807, 2.05) is 54.7 Å². The Balaban J connectivity index is 1.29. The summed E-state index contributed by atoms with van der Waals surface area (Å²) in [7, 11) is 0. The highest BCUT2D eigenvalue weighted by Gasteiger charge is 2.18. The van der Waals surface area contributed by atoms with Gasteiger partial charge in [-0.25, -0.2) is 0 Å². The van der Waals surface area contributed by atoms with Crippen molar-refractivity contribution in [3.05, 3.63) is 121 Å². The van der Waals surface area contributed by atoms with E-state index in [0.29, 0.717) is 11.2 Å². The quantitative estimate of drug-likeness (QED) is 0.229. The zero-order chi connectivity index (χ0) is 28.9. The van der Waals surface area contributed by atoms with Crippen molar-refractivity contribution in [3.63, 3.8) is 0 Å². The predicted molar refractivity (Wildman–Crippen MR) is 163 cm³/mol. The third-order valence-corrected chi connectivity index (χ3v) is 7.95. The summed E-state index contributed by atoms with van der Waals surface area (Å²) >= 11 is 0. The van der Waals surface area contributed by atoms with E-state index in [1.165, 1.54) is 0 Å². The number of nitrogens with zero attached hydrogens (tertiary/aromatic N) is 2. The zero-order valence-electron chi connectivity index (χ0n) is 24.2. The molecule has 0 bridgehead atoms. The van der Waals surface area contributed by atoms with E-state index >= 15 is 0 Å². The number of furan rings is 2. The van der Waals surface area contributed by atoms with Gasteiger partial charge in [-0.2, -0.15) is 0 Å². The maximum absolute atomic E-state index is 7.82. The largest absolute Gasteiger partial charge is 0.456 e. The van der Waals surface area contributed by atoms with Crippen molar-refractivity contribution in [2.75, 3.05) is 0 Å². The summed E-state index contributed by atoms with van der Waals surface area (Å²) in [5, 5.41) is 6.13. The Morgan fingerprint density at radius 1 is 0.600 bits per heavy atom. The minimum absolute atomic E-state index is 0.256. The molecule has 4 heteroatoms. The molecule has 0 spiro atoms. The first-order chi connectivity index (χ1) is 20.9. The first kappa shape index (κ1) is 18.8. The van der Waals surface area contributed by atoms with Gasteiger partial charge in [0, 0.05) is 59.9 Å². The van der Waals surface area contributed by atoms with Crippen LogP contribution in [0.1, 0.15) is 9.68 Å². The summed E-state index contributed by atoms with van der Waals surface area (Å²) in [6.07, 6.45) is 1.93. The molecule has 4 nitrogen and oxygen atoms in total. The topological polar surface area (TPSA) is 44.1 Å². The fraction of sp³-hybridized carbons (Fsp3) is 0.0278. The summed E-state index contributed by atoms with van der Waals surface area (Å²) in [6.45, 7) is -2.21. The van der Waals surface area contributed by atoms with Gasteiger partial charge in [-0.3, -0.25) is 4.98 Å². The van der Waals surface area contributed by atoms with Crippen molar-refractivity contribution in [2.24, 2.45) is 0 Å². The lowest BCUT2D eigenvalue weighted by atomic mass is 10.0. The van der Waals surface area contributed by atoms with Gasteiger partial charge in [-0.15, -0.1) is 0 Å². The van der Waals surface area contributed by atoms with Crippen LogP contribution < -0.4 is 0 Å². The first-order valence-corrected chi connectivity index (χ1v) is 13.2. The standard InChI is InChI=1S/C36H22N2O2/c1-21-13-15-26-27-9-6-10-28(36(27)40-34(26)17-21)30-19-32-29(20-37-30)23-7-2-4-11-31(23)38(32)22-14-16-25-24-8-3-5-12-33(24)39-35(25)18-22/h2-20H,1H3/i1D3. The van der Waals surface area contributed by atoms with E-state index in [1.54, 1.807) is 12.1 Å². The van der Waals surface area contributed by atoms with Gasteiger partial charge in [0.2, 0.25) is 0 Å². The van der Waals surface area contributed by atoms with Crippen LogP contribution in [-0.2, 0) is 0 Å². The van der Waals surface area contributed by atoms with E-state index in [-0.39, 0.29) is 5.56 Å². The SMILES string of the molecule is [2H]C([2H])([2H])c1ccc2c(c1)oc1c(-c3cc4c(cn3)c3ccccc3n4-c3ccc4c(c3)oc3ccccc34)cccc12. The monoisotopic (exact) mass is 517 g/mol. The molecule has 0 saturated heterocycles. The molecular weight excluding hydrogens is 492 g/mol. The second-order valence-electron chi connectivity index (χ2n) is 10.2. The lowest BCUT2D eigenvalue weighted by Crippen LogP contribution is -1.94. The number of rotatable bonds is 2. The number of para-hydroxylation sites is 3. The number of aryl methyl sites for hydroxylation is 1. The molecule has 188 valence electrons. The number of hydrogen-bond donors (Lipinski definition) is 0. The molecule has 5 aromatic carbocycles. The van der Waals surface area contributed by atoms with Gasteiger partial charge < -0.3 is 13.4 Å². The van der Waals surface area contributed by atoms with Crippen LogP contribution in [0.2, 0.25) is 0 Å². The fourth-order valence-electron chi connectivity index (χ4n) is 6.14. The number of aromatic nitrogens is 2. The molecule has 4 heterocycles. The number of benzene rings is 5. The van der Waals surface area contributed by atoms with Crippen molar-refractivity contribution >= 4 is 65.7 Å². The van der Waals surface area contributed by atoms with E-state index in [0.717, 1.165) is 71.5 Å². The summed E-state index contributed by atoms with van der Waals surface area (Å²) < 4.78 is 38.3. The van der Waals surface area contributed by atoms with E-state index in [2.05, 4.69) is 53.1 Å². The molecule has 4 aromatic heterocycles. The Hall–Kier alpha value is -5.35. The van der Waals surface area contributed by atoms with Gasteiger partial charge in [-0.05, 0) is 54.9 Å². The van der Waals surface area contributed by atoms with E-state index in [4.69, 9.17) is 17.9 Å². The Labute approximate surface area is 232 Å². The molecule has 0 aliphatic carbocycles. The molecule has 0 N–H and O–H groups in total. The average molecular weight is 518 g/mol. The van der Waals surface area contributed by atoms with Crippen molar-refractivity contribution in [1.82, 2.24) is 9.55 Å². The van der Waals surface area contributed by atoms with Crippen molar-refractivity contribution in [3.8, 4) is 16.9 Å². The molecule has 0 aliphatic rings. The highest BCUT2D eigenvalue weighted by molar-refractivity contribution is 6.12. The molecule has 0 fully saturated rings. The molecule has 9 aromatic rings. The van der Waals surface area contributed by atoms with Crippen molar-refractivity contribution in [1.29, 1.82) is 0 Å². The van der Waals surface area contributed by atoms with Gasteiger partial charge in [-0.1, -0.05) is 60.7 Å². The Bertz CT molecular complexity index is 2570. The highest BCUT2D eigenvalue weighted by Crippen LogP contribution is 2.39. The second-order valence-corrected chi connectivity index (χ2v) is 10.2. The molecular formula is C36H22N2O2. The summed E-state index contributed by atoms with van der Waals surface area (Å²) in [5.41, 5.74) is 7.88. The molecule has 0 aliphatic heterocycles. The van der Waals surface area contributed by atoms with Crippen LogP contribution in [0.25, 0.3) is 82.6 Å². The fourth-order valence-corrected chi connectivity index (χ4v) is 6.14. The third-order valence-electron chi connectivity index (χ3n) is 7.95. The second kappa shape index (κ2) is 7.84. The van der Waals surface area contributed by atoms with Crippen LogP contribution in [0.15, 0.2) is 124 Å². The minimum atomic E-state index is -2.21. The van der Waals surface area contributed by atoms with Crippen LogP contribution in [0, 0.1) is 6.85 Å². The zero-order valence-corrected chi connectivity index (χ0v) is 21.2. The number of pyridine rings is 1. The first-order valence-electron chi connectivity index (χ1n) is 14.7. The highest BCUT2D eigenvalue weighted by atomic mass is 16.3. The molecule has 40 heavy (non-hydrogen) atoms. The van der Waals surface area contributed by atoms with Gasteiger partial charge >= 0.3 is 0 Å². The van der Waals surface area contributed by atoms with Gasteiger partial charge in [0.15, 0.2) is 0 Å². The Kier molecular flexibility index (Phi) is 3.69. The van der Waals surface area contributed by atoms with Crippen LogP contribution in [0.3, 0.4) is 0 Å². The van der Waals surface area contributed by atoms with Crippen LogP contribution in [0.4, 0.5) is 0 Å². The van der Waals surface area contributed by atoms with Gasteiger partial charge in [0.05, 0.1) is 16.7 Å².